The molecule has 7 nitrogen and oxygen atoms in total. The molecule has 2 aromatic rings. The first-order valence-corrected chi connectivity index (χ1v) is 6.79. The summed E-state index contributed by atoms with van der Waals surface area (Å²) in [4.78, 5) is 26.9. The molecule has 21 heavy (non-hydrogen) atoms. The molecule has 0 aliphatic rings. The van der Waals surface area contributed by atoms with Crippen LogP contribution in [-0.4, -0.2) is 16.7 Å². The fourth-order valence-electron chi connectivity index (χ4n) is 1.55. The second-order valence-electron chi connectivity index (χ2n) is 4.09. The van der Waals surface area contributed by atoms with Crippen LogP contribution in [0.15, 0.2) is 41.8 Å². The molecule has 0 saturated carbocycles. The van der Waals surface area contributed by atoms with Gasteiger partial charge in [0.05, 0.1) is 11.3 Å². The SMILES string of the molecule is NC(Cc1ccc([N+](=O)[O-])cc1)=[NH+]OC(=O)c1cccs1. The predicted octanol–water partition coefficient (Wildman–Crippen LogP) is 0.409. The molecule has 0 aliphatic carbocycles. The molecule has 0 saturated heterocycles. The van der Waals surface area contributed by atoms with Crippen LogP contribution in [-0.2, 0) is 11.3 Å². The van der Waals surface area contributed by atoms with Crippen molar-refractivity contribution >= 4 is 28.8 Å². The topological polar surface area (TPSA) is 109 Å². The maximum Gasteiger partial charge on any atom is 0.397 e. The van der Waals surface area contributed by atoms with Gasteiger partial charge in [-0.25, -0.2) is 4.79 Å². The maximum absolute atomic E-state index is 11.6. The molecule has 1 heterocycles. The van der Waals surface area contributed by atoms with E-state index in [1.807, 2.05) is 0 Å². The van der Waals surface area contributed by atoms with Crippen LogP contribution in [0.25, 0.3) is 0 Å². The zero-order valence-corrected chi connectivity index (χ0v) is 11.6. The molecule has 0 atom stereocenters. The average molecular weight is 306 g/mol. The second-order valence-corrected chi connectivity index (χ2v) is 5.04. The standard InChI is InChI=1S/C13H11N3O4S/c14-12(15-20-13(17)11-2-1-7-21-11)8-9-3-5-10(6-4-9)16(18)19/h1-7H,8H2,(H2,14,15)/p+1. The van der Waals surface area contributed by atoms with E-state index in [0.29, 0.717) is 4.88 Å². The van der Waals surface area contributed by atoms with Crippen molar-refractivity contribution in [3.05, 3.63) is 62.3 Å². The van der Waals surface area contributed by atoms with Crippen LogP contribution >= 0.6 is 11.3 Å². The lowest BCUT2D eigenvalue weighted by Gasteiger charge is -1.97. The summed E-state index contributed by atoms with van der Waals surface area (Å²) in [6, 6.07) is 9.34. The highest BCUT2D eigenvalue weighted by Crippen LogP contribution is 2.11. The van der Waals surface area contributed by atoms with E-state index in [0.717, 1.165) is 5.56 Å². The zero-order valence-electron chi connectivity index (χ0n) is 10.8. The van der Waals surface area contributed by atoms with Gasteiger partial charge in [-0.2, -0.15) is 0 Å². The van der Waals surface area contributed by atoms with Gasteiger partial charge in [0, 0.05) is 12.1 Å². The van der Waals surface area contributed by atoms with Gasteiger partial charge in [0.25, 0.3) is 11.5 Å². The third-order valence-corrected chi connectivity index (χ3v) is 3.39. The molecule has 108 valence electrons. The number of hydrogen-bond acceptors (Lipinski definition) is 5. The van der Waals surface area contributed by atoms with Crippen molar-refractivity contribution in [3.8, 4) is 0 Å². The number of nitro benzene ring substituents is 1. The average Bonchev–Trinajstić information content (AvgIpc) is 2.99. The summed E-state index contributed by atoms with van der Waals surface area (Å²) >= 11 is 1.26. The Morgan fingerprint density at radius 3 is 2.62 bits per heavy atom. The lowest BCUT2D eigenvalue weighted by Crippen LogP contribution is -2.75. The minimum absolute atomic E-state index is 0.00871. The fraction of sp³-hybridized carbons (Fsp3) is 0.0769. The van der Waals surface area contributed by atoms with E-state index in [4.69, 9.17) is 10.6 Å². The molecular formula is C13H12N3O4S+. The molecule has 0 spiro atoms. The van der Waals surface area contributed by atoms with Crippen LogP contribution in [0.5, 0.6) is 0 Å². The summed E-state index contributed by atoms with van der Waals surface area (Å²) in [7, 11) is 0. The zero-order chi connectivity index (χ0) is 15.2. The Bertz CT molecular complexity index is 665. The second kappa shape index (κ2) is 6.62. The number of carbonyl (C=O) groups is 1. The van der Waals surface area contributed by atoms with Crippen molar-refractivity contribution in [1.82, 2.24) is 0 Å². The van der Waals surface area contributed by atoms with Crippen molar-refractivity contribution in [3.63, 3.8) is 0 Å². The summed E-state index contributed by atoms with van der Waals surface area (Å²) in [5.74, 6) is -0.287. The number of carbonyl (C=O) groups excluding carboxylic acids is 1. The van der Waals surface area contributed by atoms with Gasteiger partial charge in [-0.1, -0.05) is 23.4 Å². The van der Waals surface area contributed by atoms with Crippen molar-refractivity contribution < 1.29 is 19.7 Å². The van der Waals surface area contributed by atoms with Gasteiger partial charge in [-0.05, 0) is 17.0 Å². The number of rotatable bonds is 5. The Kier molecular flexibility index (Phi) is 4.62. The molecule has 3 N–H and O–H groups in total. The van der Waals surface area contributed by atoms with E-state index >= 15 is 0 Å². The van der Waals surface area contributed by atoms with Crippen LogP contribution < -0.4 is 10.9 Å². The third kappa shape index (κ3) is 4.11. The number of amidine groups is 1. The number of non-ortho nitro benzene ring substituents is 1. The lowest BCUT2D eigenvalue weighted by atomic mass is 10.1. The van der Waals surface area contributed by atoms with Crippen LogP contribution in [0.3, 0.4) is 0 Å². The third-order valence-electron chi connectivity index (χ3n) is 2.54. The van der Waals surface area contributed by atoms with Crippen molar-refractivity contribution in [2.75, 3.05) is 0 Å². The monoisotopic (exact) mass is 306 g/mol. The van der Waals surface area contributed by atoms with E-state index in [1.54, 1.807) is 29.6 Å². The van der Waals surface area contributed by atoms with Crippen LogP contribution in [0, 0.1) is 10.1 Å². The van der Waals surface area contributed by atoms with Gasteiger partial charge in [-0.3, -0.25) is 20.7 Å². The van der Waals surface area contributed by atoms with E-state index < -0.39 is 10.9 Å². The van der Waals surface area contributed by atoms with Crippen molar-refractivity contribution in [1.29, 1.82) is 0 Å². The summed E-state index contributed by atoms with van der Waals surface area (Å²) in [6.45, 7) is 0. The number of thiophene rings is 1. The van der Waals surface area contributed by atoms with E-state index in [2.05, 4.69) is 5.16 Å². The first-order valence-electron chi connectivity index (χ1n) is 5.91. The van der Waals surface area contributed by atoms with Gasteiger partial charge in [0.15, 0.2) is 0 Å². The summed E-state index contributed by atoms with van der Waals surface area (Å²) in [5.41, 5.74) is 6.47. The number of nitrogens with one attached hydrogen (secondary N) is 1. The van der Waals surface area contributed by atoms with Gasteiger partial charge in [0.1, 0.15) is 4.88 Å². The number of benzene rings is 1. The molecule has 0 unspecified atom stereocenters. The Morgan fingerprint density at radius 2 is 2.05 bits per heavy atom. The van der Waals surface area contributed by atoms with Gasteiger partial charge in [-0.15, -0.1) is 11.3 Å². The van der Waals surface area contributed by atoms with Gasteiger partial charge in [0.2, 0.25) is 0 Å². The Morgan fingerprint density at radius 1 is 1.33 bits per heavy atom. The summed E-state index contributed by atoms with van der Waals surface area (Å²) in [5, 5.41) is 14.7. The van der Waals surface area contributed by atoms with E-state index in [1.165, 1.54) is 23.5 Å². The quantitative estimate of drug-likeness (QED) is 0.273. The molecule has 0 fully saturated rings. The Labute approximate surface area is 123 Å². The molecule has 1 aromatic carbocycles. The Balaban J connectivity index is 1.94. The minimum Gasteiger partial charge on any atom is -0.288 e. The summed E-state index contributed by atoms with van der Waals surface area (Å²) in [6.07, 6.45) is 0.287. The first-order chi connectivity index (χ1) is 10.1. The van der Waals surface area contributed by atoms with Gasteiger partial charge < -0.3 is 0 Å². The predicted molar refractivity (Wildman–Crippen MR) is 76.7 cm³/mol. The Hall–Kier alpha value is -2.74. The molecule has 0 bridgehead atoms. The normalized spacial score (nSPS) is 11.1. The largest absolute Gasteiger partial charge is 0.397 e. The highest BCUT2D eigenvalue weighted by atomic mass is 32.1. The molecule has 0 radical (unpaired) electrons. The fourth-order valence-corrected chi connectivity index (χ4v) is 2.15. The molecule has 0 aliphatic heterocycles. The summed E-state index contributed by atoms with van der Waals surface area (Å²) < 4.78 is 0. The van der Waals surface area contributed by atoms with Crippen LogP contribution in [0.4, 0.5) is 5.69 Å². The minimum atomic E-state index is -0.517. The number of nitrogens with zero attached hydrogens (tertiary/aromatic N) is 1. The molecule has 0 amide bonds. The van der Waals surface area contributed by atoms with E-state index in [9.17, 15) is 14.9 Å². The van der Waals surface area contributed by atoms with Crippen LogP contribution in [0.2, 0.25) is 0 Å². The molecule has 2 rings (SSSR count). The van der Waals surface area contributed by atoms with E-state index in [-0.39, 0.29) is 17.9 Å². The van der Waals surface area contributed by atoms with Crippen molar-refractivity contribution in [2.24, 2.45) is 5.73 Å². The number of hydrogen-bond donors (Lipinski definition) is 2. The molecule has 1 aromatic heterocycles. The number of nitro groups is 1. The number of nitrogens with two attached hydrogens (primary N) is 1. The smallest absolute Gasteiger partial charge is 0.288 e. The molecule has 8 heteroatoms. The van der Waals surface area contributed by atoms with Crippen molar-refractivity contribution in [2.45, 2.75) is 6.42 Å². The van der Waals surface area contributed by atoms with Crippen LogP contribution in [0.1, 0.15) is 15.2 Å². The molecular weight excluding hydrogens is 294 g/mol. The highest BCUT2D eigenvalue weighted by molar-refractivity contribution is 7.11. The maximum atomic E-state index is 11.6. The lowest BCUT2D eigenvalue weighted by molar-refractivity contribution is -0.722. The van der Waals surface area contributed by atoms with Gasteiger partial charge >= 0.3 is 5.97 Å². The first kappa shape index (κ1) is 14.7. The highest BCUT2D eigenvalue weighted by Gasteiger charge is 2.11.